The molecular formula is C12H14N2O2. The third-order valence-electron chi connectivity index (χ3n) is 2.11. The van der Waals surface area contributed by atoms with Crippen LogP contribution in [-0.2, 0) is 11.3 Å². The van der Waals surface area contributed by atoms with E-state index in [0.29, 0.717) is 24.9 Å². The van der Waals surface area contributed by atoms with Crippen LogP contribution in [0.4, 0.5) is 0 Å². The molecule has 1 aromatic carbocycles. The Balaban J connectivity index is 2.42. The molecule has 2 N–H and O–H groups in total. The summed E-state index contributed by atoms with van der Waals surface area (Å²) < 4.78 is 0. The number of carbonyl (C=O) groups is 1. The van der Waals surface area contributed by atoms with E-state index in [4.69, 9.17) is 10.4 Å². The Kier molecular flexibility index (Phi) is 5.03. The van der Waals surface area contributed by atoms with Crippen molar-refractivity contribution in [3.05, 3.63) is 35.4 Å². The van der Waals surface area contributed by atoms with E-state index in [9.17, 15) is 4.79 Å². The minimum atomic E-state index is -0.0867. The van der Waals surface area contributed by atoms with Crippen LogP contribution in [0.2, 0.25) is 0 Å². The molecule has 0 aromatic heterocycles. The van der Waals surface area contributed by atoms with Crippen molar-refractivity contribution in [2.45, 2.75) is 19.4 Å². The van der Waals surface area contributed by atoms with Gasteiger partial charge in [0.05, 0.1) is 11.6 Å². The van der Waals surface area contributed by atoms with Gasteiger partial charge in [0, 0.05) is 19.6 Å². The van der Waals surface area contributed by atoms with Gasteiger partial charge < -0.3 is 10.4 Å². The first-order valence-corrected chi connectivity index (χ1v) is 5.13. The zero-order valence-electron chi connectivity index (χ0n) is 8.94. The van der Waals surface area contributed by atoms with Crippen molar-refractivity contribution in [2.24, 2.45) is 0 Å². The second-order valence-corrected chi connectivity index (χ2v) is 3.42. The molecule has 0 saturated carbocycles. The number of nitrogens with zero attached hydrogens (tertiary/aromatic N) is 1. The van der Waals surface area contributed by atoms with Crippen LogP contribution in [0, 0.1) is 11.3 Å². The van der Waals surface area contributed by atoms with E-state index >= 15 is 0 Å². The monoisotopic (exact) mass is 218 g/mol. The molecule has 1 aromatic rings. The Bertz CT molecular complexity index is 396. The summed E-state index contributed by atoms with van der Waals surface area (Å²) in [5.74, 6) is -0.0867. The minimum absolute atomic E-state index is 0.0251. The van der Waals surface area contributed by atoms with E-state index < -0.39 is 0 Å². The van der Waals surface area contributed by atoms with Crippen LogP contribution in [0.25, 0.3) is 0 Å². The van der Waals surface area contributed by atoms with E-state index in [1.54, 1.807) is 18.2 Å². The van der Waals surface area contributed by atoms with Crippen molar-refractivity contribution < 1.29 is 9.90 Å². The highest BCUT2D eigenvalue weighted by Gasteiger charge is 2.01. The molecule has 0 bridgehead atoms. The highest BCUT2D eigenvalue weighted by Crippen LogP contribution is 2.03. The van der Waals surface area contributed by atoms with Crippen LogP contribution in [0.15, 0.2) is 24.3 Å². The molecule has 4 nitrogen and oxygen atoms in total. The lowest BCUT2D eigenvalue weighted by Gasteiger charge is -2.04. The van der Waals surface area contributed by atoms with Crippen molar-refractivity contribution in [3.8, 4) is 6.07 Å². The van der Waals surface area contributed by atoms with Gasteiger partial charge in [0.25, 0.3) is 0 Å². The van der Waals surface area contributed by atoms with Crippen molar-refractivity contribution in [1.82, 2.24) is 5.32 Å². The molecule has 16 heavy (non-hydrogen) atoms. The van der Waals surface area contributed by atoms with Gasteiger partial charge in [-0.05, 0) is 24.1 Å². The maximum absolute atomic E-state index is 11.2. The van der Waals surface area contributed by atoms with Gasteiger partial charge in [0.2, 0.25) is 5.91 Å². The number of nitrogens with one attached hydrogen (secondary N) is 1. The van der Waals surface area contributed by atoms with E-state index in [0.717, 1.165) is 5.56 Å². The van der Waals surface area contributed by atoms with Crippen molar-refractivity contribution >= 4 is 5.91 Å². The van der Waals surface area contributed by atoms with Gasteiger partial charge in [-0.2, -0.15) is 5.26 Å². The number of aliphatic hydroxyl groups is 1. The second-order valence-electron chi connectivity index (χ2n) is 3.42. The predicted octanol–water partition coefficient (Wildman–Crippen LogP) is 0.947. The van der Waals surface area contributed by atoms with Crippen molar-refractivity contribution in [3.63, 3.8) is 0 Å². The van der Waals surface area contributed by atoms with Gasteiger partial charge >= 0.3 is 0 Å². The summed E-state index contributed by atoms with van der Waals surface area (Å²) in [6.45, 7) is 0.442. The average molecular weight is 218 g/mol. The lowest BCUT2D eigenvalue weighted by molar-refractivity contribution is -0.121. The lowest BCUT2D eigenvalue weighted by atomic mass is 10.1. The molecule has 0 aliphatic heterocycles. The second kappa shape index (κ2) is 6.59. The van der Waals surface area contributed by atoms with E-state index in [1.807, 2.05) is 12.1 Å². The zero-order valence-corrected chi connectivity index (χ0v) is 8.94. The predicted molar refractivity (Wildman–Crippen MR) is 59.3 cm³/mol. The maximum atomic E-state index is 11.2. The molecule has 84 valence electrons. The van der Waals surface area contributed by atoms with Gasteiger partial charge in [-0.1, -0.05) is 12.1 Å². The first kappa shape index (κ1) is 12.2. The van der Waals surface area contributed by atoms with Crippen molar-refractivity contribution in [2.75, 3.05) is 6.61 Å². The third kappa shape index (κ3) is 4.11. The molecular weight excluding hydrogens is 204 g/mol. The lowest BCUT2D eigenvalue weighted by Crippen LogP contribution is -2.22. The Hall–Kier alpha value is -1.86. The number of benzene rings is 1. The van der Waals surface area contributed by atoms with Crippen LogP contribution >= 0.6 is 0 Å². The smallest absolute Gasteiger partial charge is 0.220 e. The molecule has 0 saturated heterocycles. The summed E-state index contributed by atoms with van der Waals surface area (Å²) in [4.78, 5) is 11.2. The maximum Gasteiger partial charge on any atom is 0.220 e. The molecule has 0 atom stereocenters. The molecule has 0 aliphatic carbocycles. The Morgan fingerprint density at radius 1 is 1.50 bits per heavy atom. The molecule has 0 spiro atoms. The number of hydrogen-bond acceptors (Lipinski definition) is 3. The first-order valence-electron chi connectivity index (χ1n) is 5.13. The standard InChI is InChI=1S/C12H14N2O2/c13-8-10-3-1-4-11(7-10)9-14-12(16)5-2-6-15/h1,3-4,7,15H,2,5-6,9H2,(H,14,16). The van der Waals surface area contributed by atoms with Crippen LogP contribution in [0.3, 0.4) is 0 Å². The third-order valence-corrected chi connectivity index (χ3v) is 2.11. The summed E-state index contributed by atoms with van der Waals surface area (Å²) in [6.07, 6.45) is 0.804. The fraction of sp³-hybridized carbons (Fsp3) is 0.333. The average Bonchev–Trinajstić information content (AvgIpc) is 2.34. The Labute approximate surface area is 94.5 Å². The summed E-state index contributed by atoms with van der Waals surface area (Å²) in [7, 11) is 0. The minimum Gasteiger partial charge on any atom is -0.396 e. The highest BCUT2D eigenvalue weighted by molar-refractivity contribution is 5.75. The van der Waals surface area contributed by atoms with E-state index in [2.05, 4.69) is 5.32 Å². The number of rotatable bonds is 5. The quantitative estimate of drug-likeness (QED) is 0.772. The molecule has 0 unspecified atom stereocenters. The molecule has 4 heteroatoms. The summed E-state index contributed by atoms with van der Waals surface area (Å²) in [6, 6.07) is 9.15. The van der Waals surface area contributed by atoms with Gasteiger partial charge in [-0.3, -0.25) is 4.79 Å². The summed E-state index contributed by atoms with van der Waals surface area (Å²) >= 11 is 0. The normalized spacial score (nSPS) is 9.50. The van der Waals surface area contributed by atoms with E-state index in [-0.39, 0.29) is 12.5 Å². The van der Waals surface area contributed by atoms with Crippen LogP contribution in [0.1, 0.15) is 24.0 Å². The highest BCUT2D eigenvalue weighted by atomic mass is 16.3. The molecule has 0 fully saturated rings. The summed E-state index contributed by atoms with van der Waals surface area (Å²) in [5.41, 5.74) is 1.48. The van der Waals surface area contributed by atoms with Gasteiger partial charge in [0.1, 0.15) is 0 Å². The van der Waals surface area contributed by atoms with Gasteiger partial charge in [0.15, 0.2) is 0 Å². The van der Waals surface area contributed by atoms with Crippen LogP contribution in [-0.4, -0.2) is 17.6 Å². The number of carbonyl (C=O) groups excluding carboxylic acids is 1. The van der Waals surface area contributed by atoms with Crippen molar-refractivity contribution in [1.29, 1.82) is 5.26 Å². The SMILES string of the molecule is N#Cc1cccc(CNC(=O)CCCO)c1. The first-order chi connectivity index (χ1) is 7.76. The van der Waals surface area contributed by atoms with Gasteiger partial charge in [-0.15, -0.1) is 0 Å². The van der Waals surface area contributed by atoms with E-state index in [1.165, 1.54) is 0 Å². The fourth-order valence-electron chi connectivity index (χ4n) is 1.28. The summed E-state index contributed by atoms with van der Waals surface area (Å²) in [5, 5.41) is 20.0. The number of aliphatic hydroxyl groups excluding tert-OH is 1. The molecule has 0 radical (unpaired) electrons. The Morgan fingerprint density at radius 3 is 3.00 bits per heavy atom. The Morgan fingerprint density at radius 2 is 2.31 bits per heavy atom. The number of amides is 1. The molecule has 1 amide bonds. The van der Waals surface area contributed by atoms with Crippen LogP contribution < -0.4 is 5.32 Å². The molecule has 0 aliphatic rings. The van der Waals surface area contributed by atoms with Crippen LogP contribution in [0.5, 0.6) is 0 Å². The fourth-order valence-corrected chi connectivity index (χ4v) is 1.28. The molecule has 1 rings (SSSR count). The number of hydrogen-bond donors (Lipinski definition) is 2. The topological polar surface area (TPSA) is 73.1 Å². The molecule has 0 heterocycles. The zero-order chi connectivity index (χ0) is 11.8. The number of nitriles is 1. The largest absolute Gasteiger partial charge is 0.396 e. The van der Waals surface area contributed by atoms with Gasteiger partial charge in [-0.25, -0.2) is 0 Å².